The lowest BCUT2D eigenvalue weighted by molar-refractivity contribution is -0.137. The van der Waals surface area contributed by atoms with Crippen molar-refractivity contribution in [2.75, 3.05) is 13.6 Å². The van der Waals surface area contributed by atoms with Gasteiger partial charge in [0.05, 0.1) is 5.56 Å². The summed E-state index contributed by atoms with van der Waals surface area (Å²) in [6.45, 7) is -0.408. The third-order valence-corrected chi connectivity index (χ3v) is 2.40. The first-order valence-corrected chi connectivity index (χ1v) is 5.17. The molecule has 1 aromatic rings. The van der Waals surface area contributed by atoms with Crippen molar-refractivity contribution in [3.8, 4) is 5.75 Å². The van der Waals surface area contributed by atoms with Gasteiger partial charge in [-0.1, -0.05) is 15.9 Å². The van der Waals surface area contributed by atoms with Gasteiger partial charge in [-0.25, -0.2) is 0 Å². The molecule has 2 N–H and O–H groups in total. The zero-order chi connectivity index (χ0) is 12.3. The predicted octanol–water partition coefficient (Wildman–Crippen LogP) is 1.31. The summed E-state index contributed by atoms with van der Waals surface area (Å²) < 4.78 is 0.641. The van der Waals surface area contributed by atoms with Crippen molar-refractivity contribution in [3.05, 3.63) is 28.2 Å². The first-order valence-electron chi connectivity index (χ1n) is 4.37. The maximum atomic E-state index is 11.7. The molecule has 0 saturated carbocycles. The van der Waals surface area contributed by atoms with Crippen LogP contribution >= 0.6 is 15.9 Å². The van der Waals surface area contributed by atoms with Crippen molar-refractivity contribution in [1.82, 2.24) is 4.90 Å². The summed E-state index contributed by atoms with van der Waals surface area (Å²) in [6.07, 6.45) is 0. The zero-order valence-electron chi connectivity index (χ0n) is 8.48. The first kappa shape index (κ1) is 12.5. The molecule has 0 atom stereocenters. The number of amides is 1. The monoisotopic (exact) mass is 287 g/mol. The molecule has 1 amide bonds. The van der Waals surface area contributed by atoms with Gasteiger partial charge in [0.25, 0.3) is 5.91 Å². The molecule has 86 valence electrons. The number of carboxylic acids is 1. The molecule has 0 radical (unpaired) electrons. The van der Waals surface area contributed by atoms with E-state index in [0.717, 1.165) is 4.90 Å². The van der Waals surface area contributed by atoms with E-state index in [4.69, 9.17) is 5.11 Å². The lowest BCUT2D eigenvalue weighted by Crippen LogP contribution is -2.31. The Morgan fingerprint density at radius 3 is 2.56 bits per heavy atom. The molecule has 0 heterocycles. The van der Waals surface area contributed by atoms with Crippen molar-refractivity contribution in [3.63, 3.8) is 0 Å². The maximum absolute atomic E-state index is 11.7. The second kappa shape index (κ2) is 4.98. The molecule has 16 heavy (non-hydrogen) atoms. The summed E-state index contributed by atoms with van der Waals surface area (Å²) >= 11 is 3.14. The van der Waals surface area contributed by atoms with Crippen molar-refractivity contribution in [2.24, 2.45) is 0 Å². The van der Waals surface area contributed by atoms with Crippen LogP contribution in [-0.2, 0) is 4.79 Å². The van der Waals surface area contributed by atoms with E-state index in [1.165, 1.54) is 19.2 Å². The third kappa shape index (κ3) is 2.96. The molecule has 0 spiro atoms. The van der Waals surface area contributed by atoms with Crippen LogP contribution < -0.4 is 0 Å². The van der Waals surface area contributed by atoms with Crippen LogP contribution in [-0.4, -0.2) is 40.6 Å². The lowest BCUT2D eigenvalue weighted by Gasteiger charge is -2.15. The fourth-order valence-corrected chi connectivity index (χ4v) is 1.51. The number of hydrogen-bond donors (Lipinski definition) is 2. The van der Waals surface area contributed by atoms with Crippen LogP contribution in [0.5, 0.6) is 5.75 Å². The number of phenols is 1. The number of carbonyl (C=O) groups is 2. The summed E-state index contributed by atoms with van der Waals surface area (Å²) in [5.74, 6) is -1.82. The summed E-state index contributed by atoms with van der Waals surface area (Å²) in [5.41, 5.74) is 0.0759. The van der Waals surface area contributed by atoms with E-state index in [9.17, 15) is 14.7 Å². The second-order valence-corrected chi connectivity index (χ2v) is 4.13. The average Bonchev–Trinajstić information content (AvgIpc) is 2.15. The van der Waals surface area contributed by atoms with Crippen molar-refractivity contribution < 1.29 is 19.8 Å². The van der Waals surface area contributed by atoms with E-state index in [2.05, 4.69) is 15.9 Å². The highest BCUT2D eigenvalue weighted by Gasteiger charge is 2.17. The average molecular weight is 288 g/mol. The Hall–Kier alpha value is -1.56. The standard InChI is InChI=1S/C10H10BrNO4/c1-12(5-9(14)15)10(16)7-3-2-6(11)4-8(7)13/h2-4,13H,5H2,1H3,(H,14,15). The molecule has 0 aliphatic heterocycles. The smallest absolute Gasteiger partial charge is 0.323 e. The molecule has 0 aliphatic rings. The Balaban J connectivity index is 2.92. The molecule has 0 unspecified atom stereocenters. The van der Waals surface area contributed by atoms with Gasteiger partial charge in [0.1, 0.15) is 12.3 Å². The minimum atomic E-state index is -1.10. The highest BCUT2D eigenvalue weighted by atomic mass is 79.9. The van der Waals surface area contributed by atoms with Crippen LogP contribution in [0.4, 0.5) is 0 Å². The zero-order valence-corrected chi connectivity index (χ0v) is 10.1. The topological polar surface area (TPSA) is 77.8 Å². The van der Waals surface area contributed by atoms with E-state index in [1.807, 2.05) is 0 Å². The molecule has 1 rings (SSSR count). The number of benzene rings is 1. The number of carboxylic acid groups (broad SMARTS) is 1. The quantitative estimate of drug-likeness (QED) is 0.879. The number of halogens is 1. The van der Waals surface area contributed by atoms with Crippen molar-refractivity contribution in [1.29, 1.82) is 0 Å². The first-order chi connectivity index (χ1) is 7.41. The Bertz CT molecular complexity index is 433. The summed E-state index contributed by atoms with van der Waals surface area (Å²) in [6, 6.07) is 4.41. The van der Waals surface area contributed by atoms with E-state index in [0.29, 0.717) is 4.47 Å². The van der Waals surface area contributed by atoms with E-state index < -0.39 is 18.4 Å². The molecule has 0 fully saturated rings. The molecule has 6 heteroatoms. The Morgan fingerprint density at radius 2 is 2.06 bits per heavy atom. The predicted molar refractivity (Wildman–Crippen MR) is 60.4 cm³/mol. The van der Waals surface area contributed by atoms with E-state index >= 15 is 0 Å². The summed E-state index contributed by atoms with van der Waals surface area (Å²) in [5, 5.41) is 18.0. The Kier molecular flexibility index (Phi) is 3.89. The van der Waals surface area contributed by atoms with Gasteiger partial charge in [-0.3, -0.25) is 9.59 Å². The van der Waals surface area contributed by atoms with Gasteiger partial charge < -0.3 is 15.1 Å². The van der Waals surface area contributed by atoms with Crippen LogP contribution in [0.2, 0.25) is 0 Å². The molecule has 0 bridgehead atoms. The highest BCUT2D eigenvalue weighted by Crippen LogP contribution is 2.23. The van der Waals surface area contributed by atoms with Gasteiger partial charge in [-0.15, -0.1) is 0 Å². The van der Waals surface area contributed by atoms with Crippen LogP contribution in [0, 0.1) is 0 Å². The number of rotatable bonds is 3. The van der Waals surface area contributed by atoms with Crippen LogP contribution in [0.3, 0.4) is 0 Å². The van der Waals surface area contributed by atoms with Gasteiger partial charge in [-0.2, -0.15) is 0 Å². The number of phenolic OH excluding ortho intramolecular Hbond substituents is 1. The van der Waals surface area contributed by atoms with Crippen LogP contribution in [0.25, 0.3) is 0 Å². The number of aromatic hydroxyl groups is 1. The largest absolute Gasteiger partial charge is 0.507 e. The SMILES string of the molecule is CN(CC(=O)O)C(=O)c1ccc(Br)cc1O. The maximum Gasteiger partial charge on any atom is 0.323 e. The highest BCUT2D eigenvalue weighted by molar-refractivity contribution is 9.10. The molecule has 1 aromatic carbocycles. The fourth-order valence-electron chi connectivity index (χ4n) is 1.17. The molecule has 5 nitrogen and oxygen atoms in total. The van der Waals surface area contributed by atoms with Gasteiger partial charge >= 0.3 is 5.97 Å². The van der Waals surface area contributed by atoms with E-state index in [1.54, 1.807) is 6.07 Å². The summed E-state index contributed by atoms with van der Waals surface area (Å²) in [4.78, 5) is 23.1. The Labute approximate surface area is 100 Å². The second-order valence-electron chi connectivity index (χ2n) is 3.22. The van der Waals surface area contributed by atoms with Gasteiger partial charge in [-0.05, 0) is 18.2 Å². The Morgan fingerprint density at radius 1 is 1.44 bits per heavy atom. The van der Waals surface area contributed by atoms with Crippen LogP contribution in [0.1, 0.15) is 10.4 Å². The number of carbonyl (C=O) groups excluding carboxylic acids is 1. The number of likely N-dealkylation sites (N-methyl/N-ethyl adjacent to an activating group) is 1. The van der Waals surface area contributed by atoms with Gasteiger partial charge in [0.15, 0.2) is 0 Å². The van der Waals surface area contributed by atoms with Crippen molar-refractivity contribution >= 4 is 27.8 Å². The lowest BCUT2D eigenvalue weighted by atomic mass is 10.2. The van der Waals surface area contributed by atoms with Crippen molar-refractivity contribution in [2.45, 2.75) is 0 Å². The normalized spacial score (nSPS) is 9.88. The fraction of sp³-hybridized carbons (Fsp3) is 0.200. The van der Waals surface area contributed by atoms with E-state index in [-0.39, 0.29) is 11.3 Å². The molecular formula is C10H10BrNO4. The number of hydrogen-bond acceptors (Lipinski definition) is 3. The minimum Gasteiger partial charge on any atom is -0.507 e. The number of nitrogens with zero attached hydrogens (tertiary/aromatic N) is 1. The van der Waals surface area contributed by atoms with Gasteiger partial charge in [0.2, 0.25) is 0 Å². The molecule has 0 aromatic heterocycles. The number of aliphatic carboxylic acids is 1. The minimum absolute atomic E-state index is 0.0759. The molecular weight excluding hydrogens is 278 g/mol. The molecule has 0 aliphatic carbocycles. The van der Waals surface area contributed by atoms with Gasteiger partial charge in [0, 0.05) is 11.5 Å². The third-order valence-electron chi connectivity index (χ3n) is 1.91. The molecule has 0 saturated heterocycles. The summed E-state index contributed by atoms with van der Waals surface area (Å²) in [7, 11) is 1.36. The van der Waals surface area contributed by atoms with Crippen LogP contribution in [0.15, 0.2) is 22.7 Å².